The molecule has 14 heteroatoms. The fraction of sp³-hybridized carbons (Fsp3) is 0.571. The van der Waals surface area contributed by atoms with Crippen molar-refractivity contribution in [1.29, 1.82) is 0 Å². The first-order valence-electron chi connectivity index (χ1n) is 16.5. The Morgan fingerprint density at radius 1 is 0.755 bits per heavy atom. The lowest BCUT2D eigenvalue weighted by Gasteiger charge is -2.46. The molecule has 0 radical (unpaired) electrons. The van der Waals surface area contributed by atoms with Gasteiger partial charge in [-0.25, -0.2) is 4.79 Å². The number of hydrogen-bond donors (Lipinski definition) is 6. The fourth-order valence-corrected chi connectivity index (χ4v) is 5.69. The Hall–Kier alpha value is -2.99. The number of hydrogen-bond acceptors (Lipinski definition) is 13. The molecule has 2 aliphatic rings. The van der Waals surface area contributed by atoms with Gasteiger partial charge >= 0.3 is 6.09 Å². The molecule has 0 spiro atoms. The largest absolute Gasteiger partial charge is 0.445 e. The number of ether oxygens (including phenoxy) is 6. The van der Waals surface area contributed by atoms with Gasteiger partial charge in [0.1, 0.15) is 55.4 Å². The summed E-state index contributed by atoms with van der Waals surface area (Å²) in [5, 5.41) is 62.6. The first kappa shape index (κ1) is 38.8. The molecule has 0 bridgehead atoms. The highest BCUT2D eigenvalue weighted by molar-refractivity contribution is 5.67. The molecule has 1 amide bonds. The van der Waals surface area contributed by atoms with Gasteiger partial charge in [0, 0.05) is 19.7 Å². The second kappa shape index (κ2) is 20.0. The van der Waals surface area contributed by atoms with Gasteiger partial charge in [0.15, 0.2) is 12.6 Å². The molecule has 0 aromatic heterocycles. The summed E-state index contributed by atoms with van der Waals surface area (Å²) in [6.45, 7) is 3.44. The molecule has 2 aromatic rings. The van der Waals surface area contributed by atoms with E-state index in [0.29, 0.717) is 32.4 Å². The number of carbonyl (C=O) groups excluding carboxylic acids is 1. The number of aliphatic hydroxyl groups excluding tert-OH is 6. The Bertz CT molecular complexity index is 1240. The van der Waals surface area contributed by atoms with Crippen LogP contribution in [0.2, 0.25) is 0 Å². The van der Waals surface area contributed by atoms with Gasteiger partial charge in [-0.1, -0.05) is 66.7 Å². The summed E-state index contributed by atoms with van der Waals surface area (Å²) in [7, 11) is 0. The van der Waals surface area contributed by atoms with Crippen LogP contribution in [0.25, 0.3) is 0 Å². The first-order chi connectivity index (χ1) is 23.8. The number of unbranched alkanes of at least 4 members (excludes halogenated alkanes) is 2. The van der Waals surface area contributed by atoms with Crippen LogP contribution in [0.15, 0.2) is 73.3 Å². The molecular formula is C35H49NO13. The van der Waals surface area contributed by atoms with Gasteiger partial charge in [-0.3, -0.25) is 0 Å². The van der Waals surface area contributed by atoms with E-state index in [0.717, 1.165) is 11.1 Å². The van der Waals surface area contributed by atoms with Gasteiger partial charge in [-0.15, -0.1) is 6.58 Å². The van der Waals surface area contributed by atoms with Crippen molar-refractivity contribution in [1.82, 2.24) is 4.90 Å². The van der Waals surface area contributed by atoms with Crippen molar-refractivity contribution in [3.63, 3.8) is 0 Å². The zero-order valence-electron chi connectivity index (χ0n) is 27.4. The molecule has 2 aliphatic heterocycles. The molecule has 2 fully saturated rings. The maximum atomic E-state index is 13.0. The average molecular weight is 692 g/mol. The third kappa shape index (κ3) is 11.0. The highest BCUT2D eigenvalue weighted by atomic mass is 16.7. The number of nitrogens with zero attached hydrogens (tertiary/aromatic N) is 1. The maximum Gasteiger partial charge on any atom is 0.410 e. The van der Waals surface area contributed by atoms with Crippen LogP contribution in [-0.4, -0.2) is 136 Å². The van der Waals surface area contributed by atoms with Crippen LogP contribution in [0.4, 0.5) is 4.79 Å². The van der Waals surface area contributed by atoms with Crippen molar-refractivity contribution in [3.05, 3.63) is 84.4 Å². The second-order valence-electron chi connectivity index (χ2n) is 12.0. The Labute approximate surface area is 286 Å². The van der Waals surface area contributed by atoms with Gasteiger partial charge in [0.2, 0.25) is 0 Å². The SMILES string of the molecule is C=CCO[C@H]1[C@@H](O)[C@@H](CO)O[C@@H](O[C@H]2[C@H](O)[C@@H](O)[C@H](OCCCCCN(Cc3ccccc3)C(=O)OCc3ccccc3)O[C@@H]2CO)[C@@H]1O. The number of carbonyl (C=O) groups is 1. The van der Waals surface area contributed by atoms with Gasteiger partial charge < -0.3 is 64.0 Å². The lowest BCUT2D eigenvalue weighted by atomic mass is 9.97. The molecule has 6 N–H and O–H groups in total. The summed E-state index contributed by atoms with van der Waals surface area (Å²) in [6, 6.07) is 19.1. The molecule has 0 saturated carbocycles. The Morgan fingerprint density at radius 3 is 2.06 bits per heavy atom. The Morgan fingerprint density at radius 2 is 1.41 bits per heavy atom. The van der Waals surface area contributed by atoms with Crippen molar-refractivity contribution in [2.45, 2.75) is 93.8 Å². The van der Waals surface area contributed by atoms with Crippen molar-refractivity contribution >= 4 is 6.09 Å². The van der Waals surface area contributed by atoms with Gasteiger partial charge in [-0.2, -0.15) is 0 Å². The molecule has 2 aromatic carbocycles. The van der Waals surface area contributed by atoms with Gasteiger partial charge in [0.05, 0.1) is 19.8 Å². The van der Waals surface area contributed by atoms with E-state index in [1.165, 1.54) is 6.08 Å². The monoisotopic (exact) mass is 691 g/mol. The highest BCUT2D eigenvalue weighted by Crippen LogP contribution is 2.30. The van der Waals surface area contributed by atoms with Crippen LogP contribution in [0.5, 0.6) is 0 Å². The van der Waals surface area contributed by atoms with E-state index in [1.807, 2.05) is 60.7 Å². The zero-order chi connectivity index (χ0) is 35.2. The van der Waals surface area contributed by atoms with Crippen LogP contribution in [0.1, 0.15) is 30.4 Å². The van der Waals surface area contributed by atoms with Gasteiger partial charge in [0.25, 0.3) is 0 Å². The van der Waals surface area contributed by atoms with E-state index >= 15 is 0 Å². The summed E-state index contributed by atoms with van der Waals surface area (Å²) in [5.74, 6) is 0. The molecule has 2 saturated heterocycles. The quantitative estimate of drug-likeness (QED) is 0.0952. The molecular weight excluding hydrogens is 642 g/mol. The molecule has 2 heterocycles. The Kier molecular flexibility index (Phi) is 15.8. The molecule has 272 valence electrons. The minimum absolute atomic E-state index is 0.0109. The van der Waals surface area contributed by atoms with Crippen molar-refractivity contribution in [3.8, 4) is 0 Å². The van der Waals surface area contributed by atoms with E-state index in [1.54, 1.807) is 4.90 Å². The van der Waals surface area contributed by atoms with Crippen LogP contribution < -0.4 is 0 Å². The minimum Gasteiger partial charge on any atom is -0.445 e. The van der Waals surface area contributed by atoms with Crippen molar-refractivity contribution in [2.75, 3.05) is 33.0 Å². The second-order valence-corrected chi connectivity index (χ2v) is 12.0. The average Bonchev–Trinajstić information content (AvgIpc) is 3.12. The molecule has 49 heavy (non-hydrogen) atoms. The lowest BCUT2D eigenvalue weighted by Crippen LogP contribution is -2.65. The molecule has 0 unspecified atom stereocenters. The minimum atomic E-state index is -1.62. The highest BCUT2D eigenvalue weighted by Gasteiger charge is 2.51. The molecule has 4 rings (SSSR count). The standard InChI is InChI=1S/C35H49NO13/c1-2-17-44-32-27(39)25(20-37)47-34(30(32)42)49-31-26(21-38)48-33(29(41)28(31)40)45-18-11-5-10-16-36(19-23-12-6-3-7-13-23)35(43)46-22-24-14-8-4-9-15-24/h2-4,6-9,12-15,25-34,37-42H,1,5,10-11,16-22H2/t25-,26-,27+,28-,29-,30-,31-,32+,33-,34+/m1/s1. The van der Waals surface area contributed by atoms with E-state index in [4.69, 9.17) is 28.4 Å². The van der Waals surface area contributed by atoms with Crippen molar-refractivity contribution < 1.29 is 63.9 Å². The summed E-state index contributed by atoms with van der Waals surface area (Å²) in [6.07, 6.45) is -11.0. The topological polar surface area (TPSA) is 197 Å². The van der Waals surface area contributed by atoms with E-state index < -0.39 is 80.7 Å². The molecule has 0 aliphatic carbocycles. The summed E-state index contributed by atoms with van der Waals surface area (Å²) in [4.78, 5) is 14.6. The molecule has 10 atom stereocenters. The lowest BCUT2D eigenvalue weighted by molar-refractivity contribution is -0.361. The molecule has 14 nitrogen and oxygen atoms in total. The Balaban J connectivity index is 1.25. The summed E-state index contributed by atoms with van der Waals surface area (Å²) < 4.78 is 33.7. The number of rotatable bonds is 18. The normalized spacial score (nSPS) is 30.1. The van der Waals surface area contributed by atoms with Gasteiger partial charge in [-0.05, 0) is 30.4 Å². The first-order valence-corrected chi connectivity index (χ1v) is 16.5. The number of aliphatic hydroxyl groups is 6. The smallest absolute Gasteiger partial charge is 0.410 e. The predicted molar refractivity (Wildman–Crippen MR) is 174 cm³/mol. The zero-order valence-corrected chi connectivity index (χ0v) is 27.4. The van der Waals surface area contributed by atoms with E-state index in [-0.39, 0.29) is 19.8 Å². The third-order valence-corrected chi connectivity index (χ3v) is 8.37. The van der Waals surface area contributed by atoms with Crippen LogP contribution in [0.3, 0.4) is 0 Å². The van der Waals surface area contributed by atoms with Crippen LogP contribution in [-0.2, 0) is 41.6 Å². The van der Waals surface area contributed by atoms with Crippen LogP contribution in [0, 0.1) is 0 Å². The van der Waals surface area contributed by atoms with E-state index in [9.17, 15) is 35.4 Å². The van der Waals surface area contributed by atoms with Crippen LogP contribution >= 0.6 is 0 Å². The number of amides is 1. The summed E-state index contributed by atoms with van der Waals surface area (Å²) >= 11 is 0. The third-order valence-electron chi connectivity index (χ3n) is 8.37. The number of benzene rings is 2. The van der Waals surface area contributed by atoms with Crippen molar-refractivity contribution in [2.24, 2.45) is 0 Å². The summed E-state index contributed by atoms with van der Waals surface area (Å²) in [5.41, 5.74) is 1.87. The van der Waals surface area contributed by atoms with E-state index in [2.05, 4.69) is 6.58 Å². The predicted octanol–water partition coefficient (Wildman–Crippen LogP) is 0.847. The fourth-order valence-electron chi connectivity index (χ4n) is 5.69. The maximum absolute atomic E-state index is 13.0.